The summed E-state index contributed by atoms with van der Waals surface area (Å²) in [4.78, 5) is 4.15. The Morgan fingerprint density at radius 2 is 1.77 bits per heavy atom. The molecule has 0 aromatic heterocycles. The summed E-state index contributed by atoms with van der Waals surface area (Å²) in [6.07, 6.45) is 0.901. The molecular formula is C15H25N3O4. The van der Waals surface area contributed by atoms with Crippen molar-refractivity contribution < 1.29 is 19.3 Å². The van der Waals surface area contributed by atoms with Crippen LogP contribution in [0.1, 0.15) is 12.0 Å². The fourth-order valence-corrected chi connectivity index (χ4v) is 1.88. The fraction of sp³-hybridized carbons (Fsp3) is 0.533. The molecule has 0 aliphatic carbocycles. The molecule has 0 unspecified atom stereocenters. The van der Waals surface area contributed by atoms with Gasteiger partial charge in [0.25, 0.3) is 0 Å². The number of methoxy groups -OCH3 is 3. The van der Waals surface area contributed by atoms with E-state index in [9.17, 15) is 5.11 Å². The Balaban J connectivity index is 2.62. The Hall–Kier alpha value is -2.15. The second kappa shape index (κ2) is 9.73. The summed E-state index contributed by atoms with van der Waals surface area (Å²) >= 11 is 0. The normalized spacial score (nSPS) is 11.2. The highest BCUT2D eigenvalue weighted by Gasteiger charge is 2.11. The molecule has 1 aromatic carbocycles. The Morgan fingerprint density at radius 3 is 2.27 bits per heavy atom. The highest BCUT2D eigenvalue weighted by Crippen LogP contribution is 2.36. The van der Waals surface area contributed by atoms with Crippen LogP contribution >= 0.6 is 0 Å². The van der Waals surface area contributed by atoms with Crippen molar-refractivity contribution in [3.05, 3.63) is 17.7 Å². The van der Waals surface area contributed by atoms with E-state index >= 15 is 0 Å². The van der Waals surface area contributed by atoms with E-state index in [1.807, 2.05) is 0 Å². The third-order valence-corrected chi connectivity index (χ3v) is 3.04. The zero-order valence-corrected chi connectivity index (χ0v) is 13.6. The van der Waals surface area contributed by atoms with Crippen LogP contribution in [0.15, 0.2) is 17.1 Å². The van der Waals surface area contributed by atoms with Gasteiger partial charge in [-0.25, -0.2) is 0 Å². The number of aliphatic imine (C=N–C) groups is 1. The topological polar surface area (TPSA) is 84.3 Å². The largest absolute Gasteiger partial charge is 0.502 e. The molecule has 1 rings (SSSR count). The predicted molar refractivity (Wildman–Crippen MR) is 85.9 cm³/mol. The van der Waals surface area contributed by atoms with Crippen molar-refractivity contribution in [2.45, 2.75) is 13.0 Å². The Bertz CT molecular complexity index is 467. The van der Waals surface area contributed by atoms with Crippen molar-refractivity contribution in [2.24, 2.45) is 4.99 Å². The summed E-state index contributed by atoms with van der Waals surface area (Å²) in [6.45, 7) is 2.00. The minimum Gasteiger partial charge on any atom is -0.502 e. The van der Waals surface area contributed by atoms with Crippen LogP contribution in [-0.4, -0.2) is 52.6 Å². The molecule has 0 spiro atoms. The van der Waals surface area contributed by atoms with Gasteiger partial charge in [0.2, 0.25) is 5.75 Å². The number of hydrogen-bond donors (Lipinski definition) is 3. The number of hydrogen-bond acceptors (Lipinski definition) is 5. The summed E-state index contributed by atoms with van der Waals surface area (Å²) in [5.74, 6) is 1.44. The van der Waals surface area contributed by atoms with E-state index in [0.29, 0.717) is 30.6 Å². The fourth-order valence-electron chi connectivity index (χ4n) is 1.88. The van der Waals surface area contributed by atoms with Crippen LogP contribution in [0.2, 0.25) is 0 Å². The molecule has 1 aromatic rings. The van der Waals surface area contributed by atoms with Gasteiger partial charge in [-0.3, -0.25) is 4.99 Å². The van der Waals surface area contributed by atoms with Crippen LogP contribution in [0, 0.1) is 0 Å². The lowest BCUT2D eigenvalue weighted by molar-refractivity contribution is 0.195. The Kier molecular flexibility index (Phi) is 7.91. The standard InChI is InChI=1S/C15H25N3O4/c1-16-15(17-6-5-7-20-2)18-10-11-8-12(21-3)14(19)13(9-11)22-4/h8-9,19H,5-7,10H2,1-4H3,(H2,16,17,18). The highest BCUT2D eigenvalue weighted by atomic mass is 16.5. The third kappa shape index (κ3) is 5.33. The number of nitrogens with one attached hydrogen (secondary N) is 2. The number of aromatic hydroxyl groups is 1. The van der Waals surface area contributed by atoms with Gasteiger partial charge < -0.3 is 30.0 Å². The van der Waals surface area contributed by atoms with Crippen molar-refractivity contribution >= 4 is 5.96 Å². The molecule has 0 aliphatic heterocycles. The first-order valence-electron chi connectivity index (χ1n) is 7.03. The average molecular weight is 311 g/mol. The van der Waals surface area contributed by atoms with Crippen molar-refractivity contribution in [2.75, 3.05) is 41.5 Å². The number of ether oxygens (including phenoxy) is 3. The number of guanidine groups is 1. The van der Waals surface area contributed by atoms with Crippen molar-refractivity contribution in [3.63, 3.8) is 0 Å². The number of nitrogens with zero attached hydrogens (tertiary/aromatic N) is 1. The predicted octanol–water partition coefficient (Wildman–Crippen LogP) is 1.11. The number of phenolic OH excluding ortho intramolecular Hbond substituents is 1. The first-order chi connectivity index (χ1) is 10.7. The third-order valence-electron chi connectivity index (χ3n) is 3.04. The molecule has 0 saturated heterocycles. The molecule has 0 saturated carbocycles. The van der Waals surface area contributed by atoms with Gasteiger partial charge in [0.1, 0.15) is 0 Å². The van der Waals surface area contributed by atoms with Crippen molar-refractivity contribution in [1.82, 2.24) is 10.6 Å². The second-order valence-corrected chi connectivity index (χ2v) is 4.55. The van der Waals surface area contributed by atoms with Gasteiger partial charge in [0.15, 0.2) is 17.5 Å². The number of rotatable bonds is 8. The number of benzene rings is 1. The second-order valence-electron chi connectivity index (χ2n) is 4.55. The van der Waals surface area contributed by atoms with Gasteiger partial charge in [-0.2, -0.15) is 0 Å². The maximum absolute atomic E-state index is 9.89. The first-order valence-corrected chi connectivity index (χ1v) is 7.03. The van der Waals surface area contributed by atoms with Crippen molar-refractivity contribution in [1.29, 1.82) is 0 Å². The molecule has 0 amide bonds. The molecule has 0 atom stereocenters. The minimum atomic E-state index is -0.00387. The quantitative estimate of drug-likeness (QED) is 0.379. The maximum Gasteiger partial charge on any atom is 0.200 e. The zero-order valence-electron chi connectivity index (χ0n) is 13.6. The lowest BCUT2D eigenvalue weighted by Gasteiger charge is -2.14. The lowest BCUT2D eigenvalue weighted by atomic mass is 10.2. The summed E-state index contributed by atoms with van der Waals surface area (Å²) < 4.78 is 15.3. The van der Waals surface area contributed by atoms with Crippen LogP contribution in [0.25, 0.3) is 0 Å². The van der Waals surface area contributed by atoms with Gasteiger partial charge in [-0.1, -0.05) is 0 Å². The molecule has 0 aliphatic rings. The molecule has 0 radical (unpaired) electrons. The maximum atomic E-state index is 9.89. The summed E-state index contributed by atoms with van der Waals surface area (Å²) in [7, 11) is 6.40. The van der Waals surface area contributed by atoms with Crippen LogP contribution in [0.4, 0.5) is 0 Å². The van der Waals surface area contributed by atoms with Gasteiger partial charge in [0, 0.05) is 33.9 Å². The van der Waals surface area contributed by atoms with E-state index in [0.717, 1.165) is 18.5 Å². The van der Waals surface area contributed by atoms with Crippen LogP contribution in [-0.2, 0) is 11.3 Å². The van der Waals surface area contributed by atoms with E-state index in [4.69, 9.17) is 14.2 Å². The molecule has 0 fully saturated rings. The van der Waals surface area contributed by atoms with E-state index in [2.05, 4.69) is 15.6 Å². The van der Waals surface area contributed by atoms with Crippen LogP contribution in [0.5, 0.6) is 17.2 Å². The summed E-state index contributed by atoms with van der Waals surface area (Å²) in [5, 5.41) is 16.3. The van der Waals surface area contributed by atoms with Gasteiger partial charge >= 0.3 is 0 Å². The molecule has 124 valence electrons. The van der Waals surface area contributed by atoms with E-state index in [1.54, 1.807) is 26.3 Å². The molecular weight excluding hydrogens is 286 g/mol. The SMILES string of the molecule is CN=C(NCCCOC)NCc1cc(OC)c(O)c(OC)c1. The zero-order chi connectivity index (χ0) is 16.4. The van der Waals surface area contributed by atoms with Crippen LogP contribution < -0.4 is 20.1 Å². The van der Waals surface area contributed by atoms with Gasteiger partial charge in [-0.15, -0.1) is 0 Å². The average Bonchev–Trinajstić information content (AvgIpc) is 2.55. The minimum absolute atomic E-state index is 0.00387. The molecule has 0 bridgehead atoms. The van der Waals surface area contributed by atoms with Crippen molar-refractivity contribution in [3.8, 4) is 17.2 Å². The van der Waals surface area contributed by atoms with Crippen LogP contribution in [0.3, 0.4) is 0 Å². The van der Waals surface area contributed by atoms with E-state index < -0.39 is 0 Å². The molecule has 7 nitrogen and oxygen atoms in total. The first kappa shape index (κ1) is 17.9. The number of phenols is 1. The summed E-state index contributed by atoms with van der Waals surface area (Å²) in [5.41, 5.74) is 0.909. The molecule has 3 N–H and O–H groups in total. The van der Waals surface area contributed by atoms with Gasteiger partial charge in [0.05, 0.1) is 14.2 Å². The smallest absolute Gasteiger partial charge is 0.200 e. The highest BCUT2D eigenvalue weighted by molar-refractivity contribution is 5.79. The molecule has 0 heterocycles. The Labute approximate surface area is 131 Å². The van der Waals surface area contributed by atoms with E-state index in [-0.39, 0.29) is 5.75 Å². The Morgan fingerprint density at radius 1 is 1.14 bits per heavy atom. The monoisotopic (exact) mass is 311 g/mol. The van der Waals surface area contributed by atoms with Gasteiger partial charge in [-0.05, 0) is 24.1 Å². The molecule has 22 heavy (non-hydrogen) atoms. The summed E-state index contributed by atoms with van der Waals surface area (Å²) in [6, 6.07) is 3.51. The molecule has 7 heteroatoms. The van der Waals surface area contributed by atoms with E-state index in [1.165, 1.54) is 14.2 Å². The lowest BCUT2D eigenvalue weighted by Crippen LogP contribution is -2.37.